The minimum atomic E-state index is 0.442. The van der Waals surface area contributed by atoms with Gasteiger partial charge < -0.3 is 15.1 Å². The first-order valence-electron chi connectivity index (χ1n) is 8.82. The van der Waals surface area contributed by atoms with Crippen LogP contribution in [0, 0.1) is 5.41 Å². The van der Waals surface area contributed by atoms with Crippen molar-refractivity contribution < 1.29 is 4.42 Å². The van der Waals surface area contributed by atoms with Gasteiger partial charge in [0.05, 0.1) is 12.1 Å². The van der Waals surface area contributed by atoms with Crippen molar-refractivity contribution in [2.45, 2.75) is 26.4 Å². The number of hydrogen-bond acceptors (Lipinski definition) is 7. The Labute approximate surface area is 162 Å². The quantitative estimate of drug-likeness (QED) is 0.698. The van der Waals surface area contributed by atoms with E-state index in [0.29, 0.717) is 24.4 Å². The highest BCUT2D eigenvalue weighted by Gasteiger charge is 2.21. The fraction of sp³-hybridized carbons (Fsp3) is 0.500. The minimum absolute atomic E-state index is 0.442. The first-order valence-corrected chi connectivity index (χ1v) is 9.62. The van der Waals surface area contributed by atoms with Gasteiger partial charge in [-0.05, 0) is 26.0 Å². The third-order valence-electron chi connectivity index (χ3n) is 4.75. The molecule has 1 aliphatic heterocycles. The van der Waals surface area contributed by atoms with E-state index >= 15 is 0 Å². The van der Waals surface area contributed by atoms with Gasteiger partial charge in [0, 0.05) is 61.2 Å². The lowest BCUT2D eigenvalue weighted by atomic mass is 10.1. The number of halogens is 1. The number of anilines is 1. The largest absolute Gasteiger partial charge is 0.419 e. The molecule has 1 aromatic carbocycles. The number of benzene rings is 1. The van der Waals surface area contributed by atoms with E-state index in [1.165, 1.54) is 6.21 Å². The number of aromatic nitrogens is 2. The molecule has 0 saturated carbocycles. The zero-order valence-electron chi connectivity index (χ0n) is 15.4. The van der Waals surface area contributed by atoms with E-state index in [2.05, 4.69) is 55.1 Å². The summed E-state index contributed by atoms with van der Waals surface area (Å²) in [4.78, 5) is 4.82. The topological polar surface area (TPSA) is 81.3 Å². The Morgan fingerprint density at radius 1 is 1.27 bits per heavy atom. The van der Waals surface area contributed by atoms with Gasteiger partial charge in [-0.2, -0.15) is 0 Å². The number of rotatable bonds is 6. The van der Waals surface area contributed by atoms with E-state index in [0.717, 1.165) is 47.5 Å². The highest BCUT2D eigenvalue weighted by Crippen LogP contribution is 2.31. The zero-order chi connectivity index (χ0) is 18.7. The number of nitrogens with zero attached hydrogens (tertiary/aromatic N) is 4. The third-order valence-corrected chi connectivity index (χ3v) is 5.21. The molecule has 0 aliphatic carbocycles. The van der Waals surface area contributed by atoms with Gasteiger partial charge in [-0.1, -0.05) is 15.9 Å². The monoisotopic (exact) mass is 420 g/mol. The summed E-state index contributed by atoms with van der Waals surface area (Å²) in [6.07, 6.45) is 1.31. The van der Waals surface area contributed by atoms with E-state index in [9.17, 15) is 0 Å². The molecular formula is C18H25BrN6O. The van der Waals surface area contributed by atoms with E-state index in [4.69, 9.17) is 9.83 Å². The van der Waals surface area contributed by atoms with E-state index in [1.807, 2.05) is 19.2 Å². The van der Waals surface area contributed by atoms with Crippen molar-refractivity contribution in [1.29, 1.82) is 5.41 Å². The van der Waals surface area contributed by atoms with Gasteiger partial charge in [-0.15, -0.1) is 10.2 Å². The van der Waals surface area contributed by atoms with Crippen LogP contribution in [0.25, 0.3) is 11.5 Å². The molecule has 0 spiro atoms. The lowest BCUT2D eigenvalue weighted by Gasteiger charge is -2.36. The molecule has 7 nitrogen and oxygen atoms in total. The van der Waals surface area contributed by atoms with Gasteiger partial charge in [0.25, 0.3) is 0 Å². The van der Waals surface area contributed by atoms with Crippen molar-refractivity contribution in [1.82, 2.24) is 20.0 Å². The highest BCUT2D eigenvalue weighted by atomic mass is 79.9. The number of hydrogen-bond donors (Lipinski definition) is 2. The van der Waals surface area contributed by atoms with Crippen LogP contribution in [0.4, 0.5) is 5.69 Å². The van der Waals surface area contributed by atoms with Gasteiger partial charge in [-0.25, -0.2) is 0 Å². The molecule has 0 amide bonds. The summed E-state index contributed by atoms with van der Waals surface area (Å²) in [6, 6.07) is 4.42. The van der Waals surface area contributed by atoms with Crippen LogP contribution in [0.15, 0.2) is 21.0 Å². The average molecular weight is 421 g/mol. The molecule has 1 saturated heterocycles. The van der Waals surface area contributed by atoms with Crippen LogP contribution in [-0.4, -0.2) is 65.5 Å². The first kappa shape index (κ1) is 19.0. The number of nitrogens with one attached hydrogen (secondary N) is 2. The predicted octanol–water partition coefficient (Wildman–Crippen LogP) is 3.06. The molecule has 2 N–H and O–H groups in total. The maximum atomic E-state index is 7.73. The molecule has 2 aromatic rings. The lowest BCUT2D eigenvalue weighted by molar-refractivity contribution is 0.0979. The summed E-state index contributed by atoms with van der Waals surface area (Å²) in [7, 11) is 1.83. The highest BCUT2D eigenvalue weighted by molar-refractivity contribution is 9.10. The summed E-state index contributed by atoms with van der Waals surface area (Å²) >= 11 is 3.50. The summed E-state index contributed by atoms with van der Waals surface area (Å²) in [5.74, 6) is 1.05. The van der Waals surface area contributed by atoms with Crippen molar-refractivity contribution in [3.63, 3.8) is 0 Å². The number of piperazine rings is 1. The molecule has 3 rings (SSSR count). The lowest BCUT2D eigenvalue weighted by Crippen LogP contribution is -2.48. The Hall–Kier alpha value is -1.77. The standard InChI is InChI=1S/C18H25BrN6O/c1-12(2)25-6-4-24(5-7-25)11-17-22-23-18(26-17)14-8-13(19)9-16(21-3)15(14)10-20/h8-10,12,20-21H,4-7,11H2,1-3H3. The minimum Gasteiger partial charge on any atom is -0.419 e. The van der Waals surface area contributed by atoms with Crippen LogP contribution >= 0.6 is 15.9 Å². The molecule has 1 fully saturated rings. The second kappa shape index (κ2) is 8.28. The molecule has 0 atom stereocenters. The molecule has 0 bridgehead atoms. The van der Waals surface area contributed by atoms with Crippen molar-refractivity contribution in [2.24, 2.45) is 0 Å². The molecule has 8 heteroatoms. The van der Waals surface area contributed by atoms with Crippen molar-refractivity contribution >= 4 is 27.8 Å². The Balaban J connectivity index is 1.75. The maximum Gasteiger partial charge on any atom is 0.248 e. The SMILES string of the molecule is CNc1cc(Br)cc(-c2nnc(CN3CCN(C(C)C)CC3)o2)c1C=N. The van der Waals surface area contributed by atoms with Crippen LogP contribution in [0.2, 0.25) is 0 Å². The fourth-order valence-electron chi connectivity index (χ4n) is 3.21. The first-order chi connectivity index (χ1) is 12.5. The third kappa shape index (κ3) is 4.13. The van der Waals surface area contributed by atoms with E-state index < -0.39 is 0 Å². The molecule has 140 valence electrons. The molecule has 1 aliphatic rings. The summed E-state index contributed by atoms with van der Waals surface area (Å²) in [6.45, 7) is 9.26. The molecular weight excluding hydrogens is 396 g/mol. The van der Waals surface area contributed by atoms with Gasteiger partial charge >= 0.3 is 0 Å². The molecule has 0 radical (unpaired) electrons. The van der Waals surface area contributed by atoms with E-state index in [-0.39, 0.29) is 0 Å². The molecule has 1 aromatic heterocycles. The van der Waals surface area contributed by atoms with Gasteiger partial charge in [-0.3, -0.25) is 9.80 Å². The smallest absolute Gasteiger partial charge is 0.248 e. The van der Waals surface area contributed by atoms with Crippen LogP contribution < -0.4 is 5.32 Å². The average Bonchev–Trinajstić information content (AvgIpc) is 3.09. The Morgan fingerprint density at radius 3 is 2.62 bits per heavy atom. The van der Waals surface area contributed by atoms with Crippen molar-refractivity contribution in [3.8, 4) is 11.5 Å². The zero-order valence-corrected chi connectivity index (χ0v) is 17.0. The Kier molecular flexibility index (Phi) is 6.05. The van der Waals surface area contributed by atoms with Crippen LogP contribution in [0.5, 0.6) is 0 Å². The molecule has 26 heavy (non-hydrogen) atoms. The summed E-state index contributed by atoms with van der Waals surface area (Å²) in [5, 5.41) is 19.3. The predicted molar refractivity (Wildman–Crippen MR) is 107 cm³/mol. The van der Waals surface area contributed by atoms with Crippen molar-refractivity contribution in [3.05, 3.63) is 28.1 Å². The Bertz CT molecular complexity index is 767. The van der Waals surface area contributed by atoms with Crippen molar-refractivity contribution in [2.75, 3.05) is 38.5 Å². The van der Waals surface area contributed by atoms with Crippen LogP contribution in [0.3, 0.4) is 0 Å². The van der Waals surface area contributed by atoms with E-state index in [1.54, 1.807) is 0 Å². The second-order valence-corrected chi connectivity index (χ2v) is 7.63. The van der Waals surface area contributed by atoms with Crippen LogP contribution in [0.1, 0.15) is 25.3 Å². The fourth-order valence-corrected chi connectivity index (χ4v) is 3.67. The van der Waals surface area contributed by atoms with Gasteiger partial charge in [0.1, 0.15) is 0 Å². The van der Waals surface area contributed by atoms with Gasteiger partial charge in [0.2, 0.25) is 11.8 Å². The Morgan fingerprint density at radius 2 is 2.00 bits per heavy atom. The maximum absolute atomic E-state index is 7.73. The van der Waals surface area contributed by atoms with Crippen LogP contribution in [-0.2, 0) is 6.54 Å². The second-order valence-electron chi connectivity index (χ2n) is 6.72. The summed E-state index contributed by atoms with van der Waals surface area (Å²) < 4.78 is 6.81. The molecule has 0 unspecified atom stereocenters. The summed E-state index contributed by atoms with van der Waals surface area (Å²) in [5.41, 5.74) is 2.33. The normalized spacial score (nSPS) is 16.2. The van der Waals surface area contributed by atoms with Gasteiger partial charge in [0.15, 0.2) is 0 Å². The molecule has 2 heterocycles.